The number of nitrogens with zero attached hydrogens (tertiary/aromatic N) is 1. The predicted molar refractivity (Wildman–Crippen MR) is 78.5 cm³/mol. The Morgan fingerprint density at radius 1 is 1.10 bits per heavy atom. The topological polar surface area (TPSA) is 39.2 Å². The first-order valence-corrected chi connectivity index (χ1v) is 6.43. The Morgan fingerprint density at radius 2 is 1.81 bits per heavy atom. The van der Waals surface area contributed by atoms with Crippen LogP contribution in [0.5, 0.6) is 0 Å². The summed E-state index contributed by atoms with van der Waals surface area (Å²) in [6.45, 7) is 0. The summed E-state index contributed by atoms with van der Waals surface area (Å²) in [5, 5.41) is 0.732. The first-order valence-electron chi connectivity index (χ1n) is 6.43. The maximum absolute atomic E-state index is 13.0. The van der Waals surface area contributed by atoms with Gasteiger partial charge in [0, 0.05) is 10.9 Å². The molecular formula is C17H12FNO2. The Morgan fingerprint density at radius 3 is 2.52 bits per heavy atom. The van der Waals surface area contributed by atoms with Crippen LogP contribution in [0.2, 0.25) is 0 Å². The number of para-hydroxylation sites is 1. The SMILES string of the molecule is COC(=O)c1cc(-c2ccc(F)cc2)nc2ccccc12. The third-order valence-corrected chi connectivity index (χ3v) is 3.26. The zero-order valence-electron chi connectivity index (χ0n) is 11.3. The van der Waals surface area contributed by atoms with Gasteiger partial charge in [-0.05, 0) is 36.4 Å². The standard InChI is InChI=1S/C17H12FNO2/c1-21-17(20)14-10-16(11-6-8-12(18)9-7-11)19-15-5-3-2-4-13(14)15/h2-10H,1H3. The van der Waals surface area contributed by atoms with Gasteiger partial charge in [0.1, 0.15) is 5.82 Å². The van der Waals surface area contributed by atoms with Crippen molar-refractivity contribution in [1.29, 1.82) is 0 Å². The van der Waals surface area contributed by atoms with Crippen molar-refractivity contribution in [2.24, 2.45) is 0 Å². The first-order chi connectivity index (χ1) is 10.2. The van der Waals surface area contributed by atoms with E-state index in [2.05, 4.69) is 4.98 Å². The van der Waals surface area contributed by atoms with Crippen LogP contribution in [0.15, 0.2) is 54.6 Å². The zero-order valence-corrected chi connectivity index (χ0v) is 11.3. The molecule has 0 bridgehead atoms. The van der Waals surface area contributed by atoms with E-state index in [-0.39, 0.29) is 5.82 Å². The number of methoxy groups -OCH3 is 1. The van der Waals surface area contributed by atoms with E-state index in [0.717, 1.165) is 10.9 Å². The number of carbonyl (C=O) groups excluding carboxylic acids is 1. The van der Waals surface area contributed by atoms with Crippen molar-refractivity contribution < 1.29 is 13.9 Å². The summed E-state index contributed by atoms with van der Waals surface area (Å²) in [6.07, 6.45) is 0. The number of halogens is 1. The molecule has 0 radical (unpaired) electrons. The molecule has 0 N–H and O–H groups in total. The average molecular weight is 281 g/mol. The molecule has 3 aromatic rings. The summed E-state index contributed by atoms with van der Waals surface area (Å²) in [5.41, 5.74) is 2.49. The van der Waals surface area contributed by atoms with E-state index >= 15 is 0 Å². The highest BCUT2D eigenvalue weighted by Crippen LogP contribution is 2.25. The molecule has 0 amide bonds. The Balaban J connectivity index is 2.25. The number of pyridine rings is 1. The van der Waals surface area contributed by atoms with Crippen LogP contribution in [0.4, 0.5) is 4.39 Å². The number of ether oxygens (including phenoxy) is 1. The van der Waals surface area contributed by atoms with Gasteiger partial charge in [0.2, 0.25) is 0 Å². The summed E-state index contributed by atoms with van der Waals surface area (Å²) in [6, 6.07) is 15.0. The molecule has 0 aliphatic heterocycles. The third kappa shape index (κ3) is 2.48. The van der Waals surface area contributed by atoms with E-state index in [1.54, 1.807) is 18.2 Å². The van der Waals surface area contributed by atoms with Gasteiger partial charge in [-0.1, -0.05) is 18.2 Å². The first kappa shape index (κ1) is 13.2. The molecule has 0 saturated heterocycles. The summed E-state index contributed by atoms with van der Waals surface area (Å²) in [5.74, 6) is -0.732. The molecule has 21 heavy (non-hydrogen) atoms. The van der Waals surface area contributed by atoms with E-state index in [0.29, 0.717) is 16.8 Å². The normalized spacial score (nSPS) is 10.6. The average Bonchev–Trinajstić information content (AvgIpc) is 2.53. The third-order valence-electron chi connectivity index (χ3n) is 3.26. The molecule has 104 valence electrons. The van der Waals surface area contributed by atoms with Gasteiger partial charge >= 0.3 is 5.97 Å². The number of rotatable bonds is 2. The molecule has 0 unspecified atom stereocenters. The minimum atomic E-state index is -0.419. The number of esters is 1. The monoisotopic (exact) mass is 281 g/mol. The zero-order chi connectivity index (χ0) is 14.8. The van der Waals surface area contributed by atoms with Crippen molar-refractivity contribution in [3.63, 3.8) is 0 Å². The van der Waals surface area contributed by atoms with Gasteiger partial charge in [0.15, 0.2) is 0 Å². The summed E-state index contributed by atoms with van der Waals surface area (Å²) in [4.78, 5) is 16.5. The Labute approximate surface area is 121 Å². The molecule has 1 aromatic heterocycles. The lowest BCUT2D eigenvalue weighted by atomic mass is 10.0. The highest BCUT2D eigenvalue weighted by atomic mass is 19.1. The number of fused-ring (bicyclic) bond motifs is 1. The Hall–Kier alpha value is -2.75. The number of hydrogen-bond acceptors (Lipinski definition) is 3. The second kappa shape index (κ2) is 5.32. The van der Waals surface area contributed by atoms with Crippen LogP contribution in [-0.4, -0.2) is 18.1 Å². The van der Waals surface area contributed by atoms with Gasteiger partial charge < -0.3 is 4.74 Å². The smallest absolute Gasteiger partial charge is 0.338 e. The predicted octanol–water partition coefficient (Wildman–Crippen LogP) is 3.83. The Kier molecular flexibility index (Phi) is 3.36. The van der Waals surface area contributed by atoms with E-state index in [9.17, 15) is 9.18 Å². The van der Waals surface area contributed by atoms with Gasteiger partial charge in [-0.25, -0.2) is 14.2 Å². The van der Waals surface area contributed by atoms with Gasteiger partial charge in [0.05, 0.1) is 23.9 Å². The van der Waals surface area contributed by atoms with Crippen LogP contribution in [0.3, 0.4) is 0 Å². The summed E-state index contributed by atoms with van der Waals surface area (Å²) < 4.78 is 17.9. The molecule has 0 fully saturated rings. The Bertz CT molecular complexity index is 813. The van der Waals surface area contributed by atoms with Gasteiger partial charge in [-0.15, -0.1) is 0 Å². The van der Waals surface area contributed by atoms with Gasteiger partial charge in [0.25, 0.3) is 0 Å². The highest BCUT2D eigenvalue weighted by molar-refractivity contribution is 6.04. The molecule has 0 saturated carbocycles. The van der Waals surface area contributed by atoms with Crippen LogP contribution in [0.25, 0.3) is 22.2 Å². The van der Waals surface area contributed by atoms with E-state index in [1.165, 1.54) is 19.2 Å². The lowest BCUT2D eigenvalue weighted by molar-refractivity contribution is 0.0603. The largest absolute Gasteiger partial charge is 0.465 e. The highest BCUT2D eigenvalue weighted by Gasteiger charge is 2.13. The molecule has 0 spiro atoms. The fourth-order valence-electron chi connectivity index (χ4n) is 2.22. The molecule has 4 heteroatoms. The fraction of sp³-hybridized carbons (Fsp3) is 0.0588. The van der Waals surface area contributed by atoms with Crippen LogP contribution >= 0.6 is 0 Å². The van der Waals surface area contributed by atoms with Crippen LogP contribution in [-0.2, 0) is 4.74 Å². The van der Waals surface area contributed by atoms with Crippen LogP contribution in [0, 0.1) is 5.82 Å². The maximum Gasteiger partial charge on any atom is 0.338 e. The number of aromatic nitrogens is 1. The van der Waals surface area contributed by atoms with Crippen molar-refractivity contribution in [1.82, 2.24) is 4.98 Å². The van der Waals surface area contributed by atoms with E-state index in [4.69, 9.17) is 4.74 Å². The summed E-state index contributed by atoms with van der Waals surface area (Å²) in [7, 11) is 1.34. The van der Waals surface area contributed by atoms with Crippen LogP contribution < -0.4 is 0 Å². The van der Waals surface area contributed by atoms with E-state index < -0.39 is 5.97 Å². The quantitative estimate of drug-likeness (QED) is 0.670. The van der Waals surface area contributed by atoms with Crippen LogP contribution in [0.1, 0.15) is 10.4 Å². The van der Waals surface area contributed by atoms with Crippen molar-refractivity contribution in [3.05, 3.63) is 66.0 Å². The number of hydrogen-bond donors (Lipinski definition) is 0. The molecular weight excluding hydrogens is 269 g/mol. The van der Waals surface area contributed by atoms with Gasteiger partial charge in [-0.3, -0.25) is 0 Å². The number of benzene rings is 2. The molecule has 0 atom stereocenters. The lowest BCUT2D eigenvalue weighted by Crippen LogP contribution is -2.03. The molecule has 3 rings (SSSR count). The minimum absolute atomic E-state index is 0.312. The summed E-state index contributed by atoms with van der Waals surface area (Å²) >= 11 is 0. The maximum atomic E-state index is 13.0. The second-order valence-electron chi connectivity index (χ2n) is 4.57. The molecule has 1 heterocycles. The van der Waals surface area contributed by atoms with Crippen molar-refractivity contribution in [2.75, 3.05) is 7.11 Å². The van der Waals surface area contributed by atoms with Gasteiger partial charge in [-0.2, -0.15) is 0 Å². The molecule has 2 aromatic carbocycles. The lowest BCUT2D eigenvalue weighted by Gasteiger charge is -2.08. The van der Waals surface area contributed by atoms with Crippen molar-refractivity contribution >= 4 is 16.9 Å². The number of carbonyl (C=O) groups is 1. The minimum Gasteiger partial charge on any atom is -0.465 e. The fourth-order valence-corrected chi connectivity index (χ4v) is 2.22. The molecule has 0 aliphatic rings. The van der Waals surface area contributed by atoms with Crippen molar-refractivity contribution in [3.8, 4) is 11.3 Å². The second-order valence-corrected chi connectivity index (χ2v) is 4.57. The molecule has 3 nitrogen and oxygen atoms in total. The van der Waals surface area contributed by atoms with E-state index in [1.807, 2.05) is 24.3 Å². The van der Waals surface area contributed by atoms with Crippen molar-refractivity contribution in [2.45, 2.75) is 0 Å². The molecule has 0 aliphatic carbocycles.